The Morgan fingerprint density at radius 1 is 1.40 bits per heavy atom. The Balaban J connectivity index is 1.88. The molecule has 0 spiro atoms. The van der Waals surface area contributed by atoms with Crippen LogP contribution < -0.4 is 10.6 Å². The summed E-state index contributed by atoms with van der Waals surface area (Å²) in [5.74, 6) is 0.0535. The summed E-state index contributed by atoms with van der Waals surface area (Å²) in [4.78, 5) is 8.28. The van der Waals surface area contributed by atoms with Gasteiger partial charge >= 0.3 is 0 Å². The maximum atomic E-state index is 13.5. The lowest BCUT2D eigenvalue weighted by Crippen LogP contribution is -2.11. The van der Waals surface area contributed by atoms with E-state index in [1.807, 2.05) is 6.07 Å². The number of aromatic nitrogens is 4. The van der Waals surface area contributed by atoms with Crippen molar-refractivity contribution in [3.05, 3.63) is 41.6 Å². The lowest BCUT2D eigenvalue weighted by atomic mass is 10.1. The molecule has 0 aliphatic heterocycles. The number of halogens is 2. The first kappa shape index (κ1) is 16.6. The Hall–Kier alpha value is -3.28. The van der Waals surface area contributed by atoms with Crippen LogP contribution in [0.1, 0.15) is 17.7 Å². The molecule has 0 fully saturated rings. The summed E-state index contributed by atoms with van der Waals surface area (Å²) in [5.41, 5.74) is 2.00. The number of alkyl halides is 1. The molecule has 9 heteroatoms. The molecule has 2 aromatic heterocycles. The molecule has 0 radical (unpaired) electrons. The Labute approximate surface area is 142 Å². The highest BCUT2D eigenvalue weighted by molar-refractivity contribution is 5.63. The fourth-order valence-corrected chi connectivity index (χ4v) is 2.50. The van der Waals surface area contributed by atoms with E-state index in [9.17, 15) is 8.78 Å². The molecule has 0 amide bonds. The highest BCUT2D eigenvalue weighted by Gasteiger charge is 2.19. The highest BCUT2D eigenvalue weighted by atomic mass is 19.1. The van der Waals surface area contributed by atoms with Crippen LogP contribution in [-0.4, -0.2) is 33.0 Å². The Kier molecular flexibility index (Phi) is 4.43. The number of hydrogen-bond donors (Lipinski definition) is 2. The van der Waals surface area contributed by atoms with Gasteiger partial charge < -0.3 is 10.6 Å². The summed E-state index contributed by atoms with van der Waals surface area (Å²) in [6.45, 7) is 1.77. The van der Waals surface area contributed by atoms with Crippen LogP contribution in [0.5, 0.6) is 0 Å². The minimum absolute atomic E-state index is 0.0483. The summed E-state index contributed by atoms with van der Waals surface area (Å²) >= 11 is 0. The lowest BCUT2D eigenvalue weighted by molar-refractivity contribution is 0.391. The summed E-state index contributed by atoms with van der Waals surface area (Å²) < 4.78 is 28.5. The van der Waals surface area contributed by atoms with Crippen LogP contribution in [0.4, 0.5) is 26.2 Å². The van der Waals surface area contributed by atoms with Gasteiger partial charge in [-0.3, -0.25) is 0 Å². The second-order valence-electron chi connectivity index (χ2n) is 5.41. The minimum Gasteiger partial charge on any atom is -0.372 e. The van der Waals surface area contributed by atoms with Gasteiger partial charge in [0, 0.05) is 19.2 Å². The third-order valence-corrected chi connectivity index (χ3v) is 3.72. The van der Waals surface area contributed by atoms with Crippen molar-refractivity contribution in [1.82, 2.24) is 19.7 Å². The smallest absolute Gasteiger partial charge is 0.229 e. The third-order valence-electron chi connectivity index (χ3n) is 3.72. The molecular weight excluding hydrogens is 328 g/mol. The fourth-order valence-electron chi connectivity index (χ4n) is 2.50. The average Bonchev–Trinajstić information content (AvgIpc) is 2.94. The van der Waals surface area contributed by atoms with Crippen LogP contribution in [0.3, 0.4) is 0 Å². The maximum absolute atomic E-state index is 13.5. The van der Waals surface area contributed by atoms with Gasteiger partial charge in [-0.05, 0) is 19.1 Å². The quantitative estimate of drug-likeness (QED) is 0.886. The number of nitrogens with zero attached hydrogens (tertiary/aromatic N) is 5. The molecule has 2 heterocycles. The van der Waals surface area contributed by atoms with Crippen molar-refractivity contribution in [2.24, 2.45) is 0 Å². The zero-order valence-electron chi connectivity index (χ0n) is 13.6. The normalized spacial score (nSPS) is 16.7. The van der Waals surface area contributed by atoms with Crippen molar-refractivity contribution in [1.29, 1.82) is 5.26 Å². The van der Waals surface area contributed by atoms with Gasteiger partial charge in [0.1, 0.15) is 29.4 Å². The molecule has 7 nitrogen and oxygen atoms in total. The lowest BCUT2D eigenvalue weighted by Gasteiger charge is -2.15. The first-order valence-corrected chi connectivity index (χ1v) is 7.50. The average molecular weight is 343 g/mol. The highest BCUT2D eigenvalue weighted by Crippen LogP contribution is 2.28. The Morgan fingerprint density at radius 3 is 2.88 bits per heavy atom. The van der Waals surface area contributed by atoms with E-state index >= 15 is 0 Å². The Morgan fingerprint density at radius 2 is 2.20 bits per heavy atom. The van der Waals surface area contributed by atoms with Crippen LogP contribution in [0.15, 0.2) is 30.4 Å². The fraction of sp³-hybridized carbons (Fsp3) is 0.250. The topological polar surface area (TPSA) is 91.4 Å². The van der Waals surface area contributed by atoms with E-state index in [4.69, 9.17) is 5.26 Å². The van der Waals surface area contributed by atoms with Gasteiger partial charge in [-0.2, -0.15) is 15.3 Å². The Bertz CT molecular complexity index is 908. The van der Waals surface area contributed by atoms with E-state index in [1.165, 1.54) is 23.2 Å². The first-order valence-electron chi connectivity index (χ1n) is 7.50. The molecule has 25 heavy (non-hydrogen) atoms. The monoisotopic (exact) mass is 343 g/mol. The number of nitrogens with one attached hydrogen (secondary N) is 2. The van der Waals surface area contributed by atoms with Crippen LogP contribution in [0.25, 0.3) is 5.70 Å². The van der Waals surface area contributed by atoms with Crippen LogP contribution >= 0.6 is 0 Å². The van der Waals surface area contributed by atoms with E-state index in [-0.39, 0.29) is 12.4 Å². The molecule has 1 aliphatic carbocycles. The number of allylic oxidation sites excluding steroid dienone is 4. The number of anilines is 3. The zero-order valence-corrected chi connectivity index (χ0v) is 13.6. The van der Waals surface area contributed by atoms with Crippen molar-refractivity contribution in [3.63, 3.8) is 0 Å². The van der Waals surface area contributed by atoms with Crippen molar-refractivity contribution in [2.75, 3.05) is 17.7 Å². The van der Waals surface area contributed by atoms with Crippen molar-refractivity contribution in [3.8, 4) is 6.07 Å². The molecule has 128 valence electrons. The molecule has 0 bridgehead atoms. The predicted octanol–water partition coefficient (Wildman–Crippen LogP) is 3.07. The molecular formula is C16H15F2N7. The zero-order chi connectivity index (χ0) is 18.0. The molecule has 2 aromatic rings. The van der Waals surface area contributed by atoms with Gasteiger partial charge in [-0.25, -0.2) is 18.4 Å². The number of hydrogen-bond acceptors (Lipinski definition) is 6. The molecule has 1 aliphatic rings. The first-order chi connectivity index (χ1) is 12.0. The maximum Gasteiger partial charge on any atom is 0.229 e. The molecule has 0 aromatic carbocycles. The van der Waals surface area contributed by atoms with Gasteiger partial charge in [0.05, 0.1) is 23.8 Å². The van der Waals surface area contributed by atoms with Gasteiger partial charge in [-0.15, -0.1) is 0 Å². The van der Waals surface area contributed by atoms with Crippen LogP contribution in [0.2, 0.25) is 0 Å². The molecule has 3 rings (SSSR count). The van der Waals surface area contributed by atoms with E-state index in [0.29, 0.717) is 28.5 Å². The second-order valence-corrected chi connectivity index (χ2v) is 5.41. The van der Waals surface area contributed by atoms with E-state index in [2.05, 4.69) is 25.7 Å². The van der Waals surface area contributed by atoms with Crippen molar-refractivity contribution in [2.45, 2.75) is 19.5 Å². The summed E-state index contributed by atoms with van der Waals surface area (Å²) in [7, 11) is 1.65. The van der Waals surface area contributed by atoms with E-state index < -0.39 is 12.0 Å². The number of nitriles is 1. The summed E-state index contributed by atoms with van der Waals surface area (Å²) in [6, 6.07) is 1.99. The van der Waals surface area contributed by atoms with Gasteiger partial charge in [0.2, 0.25) is 5.95 Å². The second kappa shape index (κ2) is 6.68. The van der Waals surface area contributed by atoms with Gasteiger partial charge in [-0.1, -0.05) is 0 Å². The summed E-state index contributed by atoms with van der Waals surface area (Å²) in [6.07, 6.45) is 3.80. The predicted molar refractivity (Wildman–Crippen MR) is 89.5 cm³/mol. The van der Waals surface area contributed by atoms with Crippen LogP contribution in [0, 0.1) is 18.3 Å². The molecule has 1 atom stereocenters. The summed E-state index contributed by atoms with van der Waals surface area (Å²) in [5, 5.41) is 19.0. The number of rotatable bonds is 4. The van der Waals surface area contributed by atoms with E-state index in [0.717, 1.165) is 6.08 Å². The molecule has 0 saturated carbocycles. The largest absolute Gasteiger partial charge is 0.372 e. The van der Waals surface area contributed by atoms with Crippen LogP contribution in [-0.2, 0) is 0 Å². The van der Waals surface area contributed by atoms with Gasteiger partial charge in [0.25, 0.3) is 0 Å². The third kappa shape index (κ3) is 3.33. The minimum atomic E-state index is -1.37. The molecule has 0 saturated heterocycles. The van der Waals surface area contributed by atoms with Crippen molar-refractivity contribution >= 4 is 23.2 Å². The van der Waals surface area contributed by atoms with Crippen molar-refractivity contribution < 1.29 is 8.78 Å². The van der Waals surface area contributed by atoms with E-state index in [1.54, 1.807) is 14.0 Å². The molecule has 1 unspecified atom stereocenters. The van der Waals surface area contributed by atoms with Gasteiger partial charge in [0.15, 0.2) is 0 Å². The molecule has 2 N–H and O–H groups in total. The SMILES string of the molecule is CNc1nc(Nc2cnn(C3=CC(F)=CC(F)C3)c2C)ncc1C#N. The standard InChI is InChI=1S/C16H15F2N7/c1-9-14(23-16-21-7-10(6-19)15(20-2)24-16)8-22-25(9)13-4-11(17)3-12(18)5-13/h3-4,7-8,12H,5H2,1-2H3,(H2,20,21,23,24).